The summed E-state index contributed by atoms with van der Waals surface area (Å²) >= 11 is 6.40. The topological polar surface area (TPSA) is 94.1 Å². The number of piperidine rings is 1. The molecule has 1 fully saturated rings. The fourth-order valence-corrected chi connectivity index (χ4v) is 3.75. The zero-order valence-electron chi connectivity index (χ0n) is 15.4. The molecule has 0 spiro atoms. The number of amides is 1. The molecule has 0 bridgehead atoms. The molecule has 28 heavy (non-hydrogen) atoms. The van der Waals surface area contributed by atoms with Crippen LogP contribution in [0.15, 0.2) is 36.5 Å². The van der Waals surface area contributed by atoms with E-state index in [9.17, 15) is 4.79 Å². The number of aliphatic hydroxyl groups excluding tert-OH is 1. The van der Waals surface area contributed by atoms with Crippen molar-refractivity contribution in [3.05, 3.63) is 41.6 Å². The largest absolute Gasteiger partial charge is 0.395 e. The van der Waals surface area contributed by atoms with Gasteiger partial charge in [0, 0.05) is 37.3 Å². The van der Waals surface area contributed by atoms with Crippen LogP contribution in [0.2, 0.25) is 5.02 Å². The van der Waals surface area contributed by atoms with Gasteiger partial charge in [-0.05, 0) is 31.0 Å². The highest BCUT2D eigenvalue weighted by molar-refractivity contribution is 6.33. The average Bonchev–Trinajstić information content (AvgIpc) is 3.16. The van der Waals surface area contributed by atoms with E-state index in [4.69, 9.17) is 16.7 Å². The first-order valence-electron chi connectivity index (χ1n) is 9.40. The van der Waals surface area contributed by atoms with Crippen molar-refractivity contribution in [2.75, 3.05) is 31.1 Å². The quantitative estimate of drug-likeness (QED) is 0.613. The summed E-state index contributed by atoms with van der Waals surface area (Å²) in [5.74, 6) is 1.54. The third kappa shape index (κ3) is 3.81. The molecule has 3 N–H and O–H groups in total. The Hall–Kier alpha value is -2.64. The lowest BCUT2D eigenvalue weighted by Crippen LogP contribution is -2.41. The third-order valence-corrected chi connectivity index (χ3v) is 5.39. The Balaban J connectivity index is 1.51. The number of imidazole rings is 1. The number of aliphatic hydroxyl groups is 1. The number of hydrogen-bond donors (Lipinski definition) is 3. The molecule has 146 valence electrons. The molecule has 0 saturated carbocycles. The summed E-state index contributed by atoms with van der Waals surface area (Å²) in [5.41, 5.74) is 2.66. The number of carbonyl (C=O) groups excluding carboxylic acids is 1. The minimum atomic E-state index is -0.0379. The summed E-state index contributed by atoms with van der Waals surface area (Å²) in [6, 6.07) is 9.80. The average molecular weight is 400 g/mol. The van der Waals surface area contributed by atoms with Crippen LogP contribution in [0.25, 0.3) is 22.4 Å². The monoisotopic (exact) mass is 399 g/mol. The number of H-pyrrole nitrogens is 1. The zero-order chi connectivity index (χ0) is 19.5. The predicted octanol–water partition coefficient (Wildman–Crippen LogP) is 2.60. The van der Waals surface area contributed by atoms with E-state index >= 15 is 0 Å². The van der Waals surface area contributed by atoms with Gasteiger partial charge in [0.1, 0.15) is 11.6 Å². The summed E-state index contributed by atoms with van der Waals surface area (Å²) in [5, 5.41) is 12.1. The number of halogens is 1. The van der Waals surface area contributed by atoms with Crippen molar-refractivity contribution < 1.29 is 9.90 Å². The standard InChI is InChI=1S/C20H22ClN5O2/c21-15-12-23-18(26-8-5-13(6-9-26)20(28)22-7-10-27)11-14(15)19-24-16-3-1-2-4-17(16)25-19/h1-4,11-13,27H,5-10H2,(H,22,28)(H,24,25). The Morgan fingerprint density at radius 1 is 1.32 bits per heavy atom. The molecule has 2 aromatic heterocycles. The third-order valence-electron chi connectivity index (χ3n) is 5.09. The SMILES string of the molecule is O=C(NCCO)C1CCN(c2cc(-c3nc4ccccc4[nH]3)c(Cl)cn2)CC1. The van der Waals surface area contributed by atoms with Crippen LogP contribution in [-0.4, -0.2) is 52.2 Å². The molecule has 4 rings (SSSR count). The van der Waals surface area contributed by atoms with Gasteiger partial charge >= 0.3 is 0 Å². The van der Waals surface area contributed by atoms with Crippen molar-refractivity contribution >= 4 is 34.4 Å². The van der Waals surface area contributed by atoms with Crippen molar-refractivity contribution in [1.82, 2.24) is 20.3 Å². The van der Waals surface area contributed by atoms with E-state index in [1.54, 1.807) is 6.20 Å². The number of carbonyl (C=O) groups is 1. The van der Waals surface area contributed by atoms with Crippen molar-refractivity contribution in [2.24, 2.45) is 5.92 Å². The predicted molar refractivity (Wildman–Crippen MR) is 109 cm³/mol. The van der Waals surface area contributed by atoms with Crippen LogP contribution in [0.3, 0.4) is 0 Å². The van der Waals surface area contributed by atoms with Gasteiger partial charge in [-0.1, -0.05) is 23.7 Å². The highest BCUT2D eigenvalue weighted by atomic mass is 35.5. The highest BCUT2D eigenvalue weighted by Crippen LogP contribution is 2.31. The number of rotatable bonds is 5. The molecule has 7 nitrogen and oxygen atoms in total. The lowest BCUT2D eigenvalue weighted by atomic mass is 9.96. The van der Waals surface area contributed by atoms with Gasteiger partial charge in [0.2, 0.25) is 5.91 Å². The summed E-state index contributed by atoms with van der Waals surface area (Å²) in [6.45, 7) is 1.75. The number of nitrogens with zero attached hydrogens (tertiary/aromatic N) is 3. The number of nitrogens with one attached hydrogen (secondary N) is 2. The van der Waals surface area contributed by atoms with E-state index in [0.717, 1.165) is 48.3 Å². The van der Waals surface area contributed by atoms with E-state index in [-0.39, 0.29) is 18.4 Å². The number of hydrogen-bond acceptors (Lipinski definition) is 5. The van der Waals surface area contributed by atoms with E-state index in [0.29, 0.717) is 17.4 Å². The van der Waals surface area contributed by atoms with E-state index in [1.807, 2.05) is 30.3 Å². The molecule has 8 heteroatoms. The van der Waals surface area contributed by atoms with Gasteiger partial charge in [-0.3, -0.25) is 4.79 Å². The lowest BCUT2D eigenvalue weighted by molar-refractivity contribution is -0.125. The fraction of sp³-hybridized carbons (Fsp3) is 0.350. The molecular weight excluding hydrogens is 378 g/mol. The maximum atomic E-state index is 12.1. The Labute approximate surface area is 167 Å². The van der Waals surface area contributed by atoms with Gasteiger partial charge in [-0.25, -0.2) is 9.97 Å². The second-order valence-electron chi connectivity index (χ2n) is 6.90. The maximum Gasteiger partial charge on any atom is 0.223 e. The minimum absolute atomic E-state index is 0.0146. The first-order valence-corrected chi connectivity index (χ1v) is 9.77. The fourth-order valence-electron chi connectivity index (χ4n) is 3.56. The Morgan fingerprint density at radius 2 is 2.11 bits per heavy atom. The first-order chi connectivity index (χ1) is 13.7. The molecule has 1 aliphatic heterocycles. The first kappa shape index (κ1) is 18.7. The summed E-state index contributed by atoms with van der Waals surface area (Å²) in [4.78, 5) is 26.7. The van der Waals surface area contributed by atoms with Crippen molar-refractivity contribution in [1.29, 1.82) is 0 Å². The molecule has 0 aliphatic carbocycles. The molecule has 3 heterocycles. The van der Waals surface area contributed by atoms with Gasteiger partial charge in [-0.2, -0.15) is 0 Å². The van der Waals surface area contributed by atoms with Crippen LogP contribution >= 0.6 is 11.6 Å². The zero-order valence-corrected chi connectivity index (χ0v) is 16.1. The highest BCUT2D eigenvalue weighted by Gasteiger charge is 2.26. The Morgan fingerprint density at radius 3 is 2.86 bits per heavy atom. The van der Waals surface area contributed by atoms with E-state index in [1.165, 1.54) is 0 Å². The van der Waals surface area contributed by atoms with Crippen molar-refractivity contribution in [3.8, 4) is 11.4 Å². The van der Waals surface area contributed by atoms with E-state index in [2.05, 4.69) is 25.2 Å². The van der Waals surface area contributed by atoms with Crippen molar-refractivity contribution in [3.63, 3.8) is 0 Å². The van der Waals surface area contributed by atoms with Crippen LogP contribution < -0.4 is 10.2 Å². The minimum Gasteiger partial charge on any atom is -0.395 e. The molecule has 0 atom stereocenters. The van der Waals surface area contributed by atoms with Gasteiger partial charge in [0.05, 0.1) is 22.7 Å². The van der Waals surface area contributed by atoms with Gasteiger partial charge in [-0.15, -0.1) is 0 Å². The van der Waals surface area contributed by atoms with E-state index < -0.39 is 0 Å². The molecule has 1 aliphatic rings. The summed E-state index contributed by atoms with van der Waals surface area (Å²) in [6.07, 6.45) is 3.16. The summed E-state index contributed by atoms with van der Waals surface area (Å²) in [7, 11) is 0. The van der Waals surface area contributed by atoms with Crippen LogP contribution in [0, 0.1) is 5.92 Å². The second-order valence-corrected chi connectivity index (χ2v) is 7.31. The second kappa shape index (κ2) is 8.16. The van der Waals surface area contributed by atoms with Gasteiger partial charge < -0.3 is 20.3 Å². The summed E-state index contributed by atoms with van der Waals surface area (Å²) < 4.78 is 0. The lowest BCUT2D eigenvalue weighted by Gasteiger charge is -2.32. The Kier molecular flexibility index (Phi) is 5.45. The van der Waals surface area contributed by atoms with Crippen LogP contribution in [0.4, 0.5) is 5.82 Å². The molecule has 3 aromatic rings. The van der Waals surface area contributed by atoms with Crippen LogP contribution in [0.5, 0.6) is 0 Å². The molecule has 0 unspecified atom stereocenters. The molecule has 1 saturated heterocycles. The maximum absolute atomic E-state index is 12.1. The number of anilines is 1. The smallest absolute Gasteiger partial charge is 0.223 e. The number of fused-ring (bicyclic) bond motifs is 1. The molecular formula is C20H22ClN5O2. The number of aromatic amines is 1. The number of aromatic nitrogens is 3. The number of benzene rings is 1. The van der Waals surface area contributed by atoms with Crippen LogP contribution in [-0.2, 0) is 4.79 Å². The van der Waals surface area contributed by atoms with Crippen molar-refractivity contribution in [2.45, 2.75) is 12.8 Å². The normalized spacial score (nSPS) is 15.1. The molecule has 0 radical (unpaired) electrons. The van der Waals surface area contributed by atoms with Gasteiger partial charge in [0.15, 0.2) is 0 Å². The van der Waals surface area contributed by atoms with Gasteiger partial charge in [0.25, 0.3) is 0 Å². The van der Waals surface area contributed by atoms with Crippen LogP contribution in [0.1, 0.15) is 12.8 Å². The number of pyridine rings is 1. The molecule has 1 aromatic carbocycles. The Bertz CT molecular complexity index is 949. The molecule has 1 amide bonds. The number of para-hydroxylation sites is 2.